The van der Waals surface area contributed by atoms with Crippen LogP contribution in [0.3, 0.4) is 0 Å². The number of carbonyl (C=O) groups is 1. The van der Waals surface area contributed by atoms with Crippen molar-refractivity contribution >= 4 is 27.5 Å². The molecule has 1 aliphatic rings. The Labute approximate surface area is 158 Å². The molecule has 4 rings (SSSR count). The van der Waals surface area contributed by atoms with E-state index in [1.807, 2.05) is 48.5 Å². The van der Waals surface area contributed by atoms with Gasteiger partial charge in [-0.05, 0) is 48.5 Å². The van der Waals surface area contributed by atoms with Crippen LogP contribution in [0.25, 0.3) is 11.4 Å². The molecule has 7 heteroatoms. The van der Waals surface area contributed by atoms with Crippen molar-refractivity contribution in [1.29, 1.82) is 0 Å². The van der Waals surface area contributed by atoms with Crippen LogP contribution >= 0.6 is 15.9 Å². The Kier molecular flexibility index (Phi) is 4.46. The SMILES string of the molecule is COc1ccc(N2C[C@H](c3nc(-c4ccc(Br)cc4)no3)CC2=O)cc1. The summed E-state index contributed by atoms with van der Waals surface area (Å²) in [5, 5.41) is 4.06. The van der Waals surface area contributed by atoms with Gasteiger partial charge in [0.05, 0.1) is 13.0 Å². The Hall–Kier alpha value is -2.67. The summed E-state index contributed by atoms with van der Waals surface area (Å²) in [6.45, 7) is 0.521. The van der Waals surface area contributed by atoms with E-state index in [0.717, 1.165) is 21.5 Å². The van der Waals surface area contributed by atoms with Crippen molar-refractivity contribution < 1.29 is 14.1 Å². The smallest absolute Gasteiger partial charge is 0.232 e. The fourth-order valence-corrected chi connectivity index (χ4v) is 3.27. The van der Waals surface area contributed by atoms with Crippen molar-refractivity contribution in [2.45, 2.75) is 12.3 Å². The predicted octanol–water partition coefficient (Wildman–Crippen LogP) is 4.03. The average molecular weight is 414 g/mol. The lowest BCUT2D eigenvalue weighted by atomic mass is 10.1. The van der Waals surface area contributed by atoms with Crippen LogP contribution < -0.4 is 9.64 Å². The zero-order chi connectivity index (χ0) is 18.1. The van der Waals surface area contributed by atoms with Crippen molar-refractivity contribution in [1.82, 2.24) is 10.1 Å². The number of methoxy groups -OCH3 is 1. The second-order valence-corrected chi connectivity index (χ2v) is 6.98. The van der Waals surface area contributed by atoms with Gasteiger partial charge in [-0.3, -0.25) is 4.79 Å². The third kappa shape index (κ3) is 3.22. The first kappa shape index (κ1) is 16.8. The molecular weight excluding hydrogens is 398 g/mol. The van der Waals surface area contributed by atoms with Crippen molar-refractivity contribution in [3.63, 3.8) is 0 Å². The number of anilines is 1. The fourth-order valence-electron chi connectivity index (χ4n) is 3.00. The molecule has 0 radical (unpaired) electrons. The molecule has 1 aromatic heterocycles. The molecular formula is C19H16BrN3O3. The molecule has 0 spiro atoms. The first-order chi connectivity index (χ1) is 12.6. The van der Waals surface area contributed by atoms with E-state index in [-0.39, 0.29) is 11.8 Å². The maximum absolute atomic E-state index is 12.4. The number of aromatic nitrogens is 2. The summed E-state index contributed by atoms with van der Waals surface area (Å²) in [5.41, 5.74) is 1.71. The maximum Gasteiger partial charge on any atom is 0.232 e. The molecule has 1 amide bonds. The molecule has 26 heavy (non-hydrogen) atoms. The highest BCUT2D eigenvalue weighted by Crippen LogP contribution is 2.32. The van der Waals surface area contributed by atoms with Crippen LogP contribution in [-0.2, 0) is 4.79 Å². The largest absolute Gasteiger partial charge is 0.497 e. The number of ether oxygens (including phenoxy) is 1. The van der Waals surface area contributed by atoms with Gasteiger partial charge in [0.1, 0.15) is 5.75 Å². The number of amides is 1. The van der Waals surface area contributed by atoms with Gasteiger partial charge in [0.2, 0.25) is 17.6 Å². The topological polar surface area (TPSA) is 68.5 Å². The van der Waals surface area contributed by atoms with E-state index in [4.69, 9.17) is 9.26 Å². The number of hydrogen-bond acceptors (Lipinski definition) is 5. The molecule has 0 N–H and O–H groups in total. The minimum absolute atomic E-state index is 0.0450. The van der Waals surface area contributed by atoms with Crippen molar-refractivity contribution in [3.05, 3.63) is 58.9 Å². The summed E-state index contributed by atoms with van der Waals surface area (Å²) in [7, 11) is 1.62. The Morgan fingerprint density at radius 2 is 1.88 bits per heavy atom. The summed E-state index contributed by atoms with van der Waals surface area (Å²) >= 11 is 3.41. The first-order valence-corrected chi connectivity index (χ1v) is 8.97. The third-order valence-corrected chi connectivity index (χ3v) is 4.93. The van der Waals surface area contributed by atoms with Crippen molar-refractivity contribution in [2.75, 3.05) is 18.6 Å². The molecule has 0 saturated carbocycles. The van der Waals surface area contributed by atoms with E-state index in [1.54, 1.807) is 12.0 Å². The molecule has 1 fully saturated rings. The highest BCUT2D eigenvalue weighted by molar-refractivity contribution is 9.10. The van der Waals surface area contributed by atoms with Gasteiger partial charge in [0, 0.05) is 28.7 Å². The number of carbonyl (C=O) groups excluding carboxylic acids is 1. The summed E-state index contributed by atoms with van der Waals surface area (Å²) in [4.78, 5) is 18.7. The van der Waals surface area contributed by atoms with Gasteiger partial charge in [-0.25, -0.2) is 0 Å². The second-order valence-electron chi connectivity index (χ2n) is 6.07. The fraction of sp³-hybridized carbons (Fsp3) is 0.211. The molecule has 0 bridgehead atoms. The van der Waals surface area contributed by atoms with Gasteiger partial charge in [-0.2, -0.15) is 4.98 Å². The molecule has 132 valence electrons. The Morgan fingerprint density at radius 3 is 2.58 bits per heavy atom. The second kappa shape index (κ2) is 6.92. The molecule has 6 nitrogen and oxygen atoms in total. The zero-order valence-corrected chi connectivity index (χ0v) is 15.6. The van der Waals surface area contributed by atoms with Gasteiger partial charge in [0.15, 0.2) is 0 Å². The van der Waals surface area contributed by atoms with Gasteiger partial charge < -0.3 is 14.2 Å². The molecule has 3 aromatic rings. The van der Waals surface area contributed by atoms with Crippen molar-refractivity contribution in [3.8, 4) is 17.1 Å². The van der Waals surface area contributed by atoms with E-state index in [1.165, 1.54) is 0 Å². The third-order valence-electron chi connectivity index (χ3n) is 4.40. The van der Waals surface area contributed by atoms with Crippen LogP contribution in [0.5, 0.6) is 5.75 Å². The number of rotatable bonds is 4. The molecule has 0 aliphatic carbocycles. The summed E-state index contributed by atoms with van der Waals surface area (Å²) in [5.74, 6) is 1.72. The number of benzene rings is 2. The minimum Gasteiger partial charge on any atom is -0.497 e. The van der Waals surface area contributed by atoms with Crippen LogP contribution in [0, 0.1) is 0 Å². The first-order valence-electron chi connectivity index (χ1n) is 8.18. The van der Waals surface area contributed by atoms with Crippen LogP contribution in [0.4, 0.5) is 5.69 Å². The normalized spacial score (nSPS) is 16.9. The van der Waals surface area contributed by atoms with E-state index in [2.05, 4.69) is 26.1 Å². The Balaban J connectivity index is 1.52. The number of halogens is 1. The summed E-state index contributed by atoms with van der Waals surface area (Å²) in [6.07, 6.45) is 0.355. The van der Waals surface area contributed by atoms with Crippen LogP contribution in [0.15, 0.2) is 57.5 Å². The lowest BCUT2D eigenvalue weighted by molar-refractivity contribution is -0.117. The van der Waals surface area contributed by atoms with Gasteiger partial charge in [-0.15, -0.1) is 0 Å². The van der Waals surface area contributed by atoms with Crippen LogP contribution in [0.2, 0.25) is 0 Å². The highest BCUT2D eigenvalue weighted by Gasteiger charge is 2.35. The Bertz CT molecular complexity index is 922. The number of hydrogen-bond donors (Lipinski definition) is 0. The average Bonchev–Trinajstić information content (AvgIpc) is 3.29. The van der Waals surface area contributed by atoms with E-state index >= 15 is 0 Å². The highest BCUT2D eigenvalue weighted by atomic mass is 79.9. The zero-order valence-electron chi connectivity index (χ0n) is 14.1. The molecule has 2 aromatic carbocycles. The summed E-state index contributed by atoms with van der Waals surface area (Å²) < 4.78 is 11.6. The quantitative estimate of drug-likeness (QED) is 0.645. The number of nitrogens with zero attached hydrogens (tertiary/aromatic N) is 3. The monoisotopic (exact) mass is 413 g/mol. The molecule has 0 unspecified atom stereocenters. The van der Waals surface area contributed by atoms with E-state index in [0.29, 0.717) is 24.7 Å². The minimum atomic E-state index is -0.110. The van der Waals surface area contributed by atoms with Crippen molar-refractivity contribution in [2.24, 2.45) is 0 Å². The molecule has 1 atom stereocenters. The van der Waals surface area contributed by atoms with Crippen LogP contribution in [0.1, 0.15) is 18.2 Å². The molecule has 1 saturated heterocycles. The maximum atomic E-state index is 12.4. The predicted molar refractivity (Wildman–Crippen MR) is 100 cm³/mol. The van der Waals surface area contributed by atoms with Gasteiger partial charge >= 0.3 is 0 Å². The van der Waals surface area contributed by atoms with E-state index in [9.17, 15) is 4.79 Å². The lowest BCUT2D eigenvalue weighted by Crippen LogP contribution is -2.24. The molecule has 1 aliphatic heterocycles. The van der Waals surface area contributed by atoms with E-state index < -0.39 is 0 Å². The Morgan fingerprint density at radius 1 is 1.15 bits per heavy atom. The van der Waals surface area contributed by atoms with Crippen LogP contribution in [-0.4, -0.2) is 29.7 Å². The lowest BCUT2D eigenvalue weighted by Gasteiger charge is -2.16. The standard InChI is InChI=1S/C19H16BrN3O3/c1-25-16-8-6-15(7-9-16)23-11-13(10-17(23)24)19-21-18(22-26-19)12-2-4-14(20)5-3-12/h2-9,13H,10-11H2,1H3/t13-/m1/s1. The molecule has 2 heterocycles. The summed E-state index contributed by atoms with van der Waals surface area (Å²) in [6, 6.07) is 15.1. The van der Waals surface area contributed by atoms with Gasteiger partial charge in [-0.1, -0.05) is 21.1 Å². The van der Waals surface area contributed by atoms with Gasteiger partial charge in [0.25, 0.3) is 0 Å².